The smallest absolute Gasteiger partial charge is 0.335 e. The predicted octanol–water partition coefficient (Wildman–Crippen LogP) is 5.15. The number of hydrogen-bond acceptors (Lipinski definition) is 4. The Morgan fingerprint density at radius 2 is 1.56 bits per heavy atom. The Kier molecular flexibility index (Phi) is 6.05. The van der Waals surface area contributed by atoms with Crippen LogP contribution in [0.1, 0.15) is 24.2 Å². The number of ether oxygens (including phenoxy) is 1. The van der Waals surface area contributed by atoms with E-state index in [0.717, 1.165) is 10.5 Å². The first-order valence-electron chi connectivity index (χ1n) is 9.91. The van der Waals surface area contributed by atoms with Crippen LogP contribution in [0, 0.1) is 0 Å². The van der Waals surface area contributed by atoms with E-state index in [0.29, 0.717) is 22.0 Å². The Labute approximate surface area is 190 Å². The van der Waals surface area contributed by atoms with Crippen molar-refractivity contribution in [2.45, 2.75) is 13.0 Å². The minimum absolute atomic E-state index is 0.134. The Morgan fingerprint density at radius 3 is 2.22 bits per heavy atom. The number of anilines is 1. The van der Waals surface area contributed by atoms with Crippen LogP contribution in [0.5, 0.6) is 5.75 Å². The van der Waals surface area contributed by atoms with Crippen LogP contribution >= 0.6 is 11.6 Å². The van der Waals surface area contributed by atoms with E-state index >= 15 is 0 Å². The van der Waals surface area contributed by atoms with Gasteiger partial charge in [-0.2, -0.15) is 0 Å². The van der Waals surface area contributed by atoms with Gasteiger partial charge in [0.05, 0.1) is 5.69 Å². The summed E-state index contributed by atoms with van der Waals surface area (Å²) in [5.74, 6) is -0.803. The van der Waals surface area contributed by atoms with Gasteiger partial charge in [0.1, 0.15) is 17.4 Å². The van der Waals surface area contributed by atoms with Gasteiger partial charge in [-0.3, -0.25) is 14.9 Å². The fourth-order valence-corrected chi connectivity index (χ4v) is 3.41. The zero-order valence-corrected chi connectivity index (χ0v) is 17.9. The van der Waals surface area contributed by atoms with Gasteiger partial charge in [0.25, 0.3) is 11.8 Å². The number of urea groups is 1. The topological polar surface area (TPSA) is 75.7 Å². The average Bonchev–Trinajstić information content (AvgIpc) is 2.79. The van der Waals surface area contributed by atoms with Crippen LogP contribution in [0.25, 0.3) is 6.08 Å². The maximum absolute atomic E-state index is 12.9. The van der Waals surface area contributed by atoms with Gasteiger partial charge in [-0.1, -0.05) is 54.1 Å². The molecular weight excluding hydrogens is 428 g/mol. The average molecular weight is 447 g/mol. The minimum atomic E-state index is -0.807. The number of rotatable bonds is 5. The molecule has 0 radical (unpaired) electrons. The number of halogens is 1. The summed E-state index contributed by atoms with van der Waals surface area (Å²) in [4.78, 5) is 38.4. The summed E-state index contributed by atoms with van der Waals surface area (Å²) < 4.78 is 5.96. The van der Waals surface area contributed by atoms with Crippen LogP contribution in [0.4, 0.5) is 10.5 Å². The number of nitrogens with one attached hydrogen (secondary N) is 1. The summed E-state index contributed by atoms with van der Waals surface area (Å²) >= 11 is 5.88. The lowest BCUT2D eigenvalue weighted by atomic mass is 10.1. The molecule has 1 N–H and O–H groups in total. The quantitative estimate of drug-likeness (QED) is 0.434. The zero-order chi connectivity index (χ0) is 22.7. The molecule has 32 heavy (non-hydrogen) atoms. The molecule has 1 atom stereocenters. The molecule has 160 valence electrons. The first-order valence-corrected chi connectivity index (χ1v) is 10.3. The van der Waals surface area contributed by atoms with E-state index in [2.05, 4.69) is 5.32 Å². The van der Waals surface area contributed by atoms with Gasteiger partial charge in [0.2, 0.25) is 0 Å². The monoisotopic (exact) mass is 446 g/mol. The number of imide groups is 2. The molecule has 6 nitrogen and oxygen atoms in total. The van der Waals surface area contributed by atoms with Crippen molar-refractivity contribution in [2.24, 2.45) is 0 Å². The minimum Gasteiger partial charge on any atom is -0.486 e. The van der Waals surface area contributed by atoms with E-state index in [1.54, 1.807) is 36.4 Å². The molecule has 0 saturated carbocycles. The van der Waals surface area contributed by atoms with E-state index in [-0.39, 0.29) is 11.7 Å². The Morgan fingerprint density at radius 1 is 0.906 bits per heavy atom. The van der Waals surface area contributed by atoms with Gasteiger partial charge >= 0.3 is 6.03 Å². The summed E-state index contributed by atoms with van der Waals surface area (Å²) in [6, 6.07) is 22.2. The standard InChI is InChI=1S/C25H19ClN2O4/c1-16(18-5-3-2-4-6-18)32-21-13-7-17(8-14-21)15-22-23(29)27-25(31)28(24(22)30)20-11-9-19(26)10-12-20/h2-16H,1H3,(H,27,29,31)/b22-15-. The number of benzene rings is 3. The molecular formula is C25H19ClN2O4. The fraction of sp³-hybridized carbons (Fsp3) is 0.0800. The molecule has 1 unspecified atom stereocenters. The first-order chi connectivity index (χ1) is 15.4. The van der Waals surface area contributed by atoms with E-state index in [1.165, 1.54) is 18.2 Å². The highest BCUT2D eigenvalue weighted by Crippen LogP contribution is 2.25. The molecule has 1 saturated heterocycles. The van der Waals surface area contributed by atoms with Gasteiger partial charge in [0, 0.05) is 5.02 Å². The molecule has 4 rings (SSSR count). The molecule has 0 aromatic heterocycles. The Bertz CT molecular complexity index is 1190. The number of carbonyl (C=O) groups excluding carboxylic acids is 3. The van der Waals surface area contributed by atoms with Crippen molar-refractivity contribution in [1.29, 1.82) is 0 Å². The summed E-state index contributed by atoms with van der Waals surface area (Å²) in [5, 5.41) is 2.67. The molecule has 1 fully saturated rings. The third-order valence-corrected chi connectivity index (χ3v) is 5.21. The highest BCUT2D eigenvalue weighted by Gasteiger charge is 2.36. The van der Waals surface area contributed by atoms with Crippen LogP contribution in [-0.4, -0.2) is 17.8 Å². The maximum atomic E-state index is 12.9. The van der Waals surface area contributed by atoms with E-state index in [9.17, 15) is 14.4 Å². The highest BCUT2D eigenvalue weighted by molar-refractivity contribution is 6.39. The molecule has 0 spiro atoms. The number of hydrogen-bond donors (Lipinski definition) is 1. The molecule has 4 amide bonds. The van der Waals surface area contributed by atoms with Crippen molar-refractivity contribution < 1.29 is 19.1 Å². The van der Waals surface area contributed by atoms with Gasteiger partial charge in [-0.05, 0) is 60.5 Å². The van der Waals surface area contributed by atoms with Crippen LogP contribution in [0.15, 0.2) is 84.4 Å². The lowest BCUT2D eigenvalue weighted by molar-refractivity contribution is -0.122. The van der Waals surface area contributed by atoms with Gasteiger partial charge in [-0.25, -0.2) is 9.69 Å². The van der Waals surface area contributed by atoms with Gasteiger partial charge < -0.3 is 4.74 Å². The van der Waals surface area contributed by atoms with E-state index < -0.39 is 17.8 Å². The second-order valence-corrected chi connectivity index (χ2v) is 7.61. The fourth-order valence-electron chi connectivity index (χ4n) is 3.29. The first kappa shape index (κ1) is 21.3. The molecule has 3 aromatic rings. The van der Waals surface area contributed by atoms with Crippen LogP contribution in [0.2, 0.25) is 5.02 Å². The second kappa shape index (κ2) is 9.08. The van der Waals surface area contributed by atoms with Crippen molar-refractivity contribution in [3.8, 4) is 5.75 Å². The number of barbiturate groups is 1. The van der Waals surface area contributed by atoms with Crippen molar-refractivity contribution in [2.75, 3.05) is 4.90 Å². The third-order valence-electron chi connectivity index (χ3n) is 4.96. The lowest BCUT2D eigenvalue weighted by Gasteiger charge is -2.26. The van der Waals surface area contributed by atoms with Crippen molar-refractivity contribution in [3.05, 3.63) is 101 Å². The van der Waals surface area contributed by atoms with E-state index in [4.69, 9.17) is 16.3 Å². The molecule has 0 aliphatic carbocycles. The van der Waals surface area contributed by atoms with Crippen LogP contribution in [0.3, 0.4) is 0 Å². The largest absolute Gasteiger partial charge is 0.486 e. The van der Waals surface area contributed by atoms with E-state index in [1.807, 2.05) is 37.3 Å². The summed E-state index contributed by atoms with van der Waals surface area (Å²) in [5.41, 5.74) is 1.84. The van der Waals surface area contributed by atoms with Gasteiger partial charge in [-0.15, -0.1) is 0 Å². The summed E-state index contributed by atoms with van der Waals surface area (Å²) in [6.45, 7) is 1.96. The predicted molar refractivity (Wildman–Crippen MR) is 122 cm³/mol. The molecule has 3 aromatic carbocycles. The Balaban J connectivity index is 1.54. The highest BCUT2D eigenvalue weighted by atomic mass is 35.5. The maximum Gasteiger partial charge on any atom is 0.335 e. The summed E-state index contributed by atoms with van der Waals surface area (Å²) in [7, 11) is 0. The number of nitrogens with zero attached hydrogens (tertiary/aromatic N) is 1. The third kappa shape index (κ3) is 4.55. The van der Waals surface area contributed by atoms with Crippen molar-refractivity contribution in [3.63, 3.8) is 0 Å². The van der Waals surface area contributed by atoms with Crippen LogP contribution < -0.4 is 15.0 Å². The molecule has 1 aliphatic rings. The Hall–Kier alpha value is -3.90. The second-order valence-electron chi connectivity index (χ2n) is 7.17. The SMILES string of the molecule is CC(Oc1ccc(/C=C2/C(=O)NC(=O)N(c3ccc(Cl)cc3)C2=O)cc1)c1ccccc1. The van der Waals surface area contributed by atoms with Crippen molar-refractivity contribution in [1.82, 2.24) is 5.32 Å². The molecule has 1 heterocycles. The lowest BCUT2D eigenvalue weighted by Crippen LogP contribution is -2.54. The van der Waals surface area contributed by atoms with Crippen LogP contribution in [-0.2, 0) is 9.59 Å². The molecule has 7 heteroatoms. The normalized spacial score (nSPS) is 16.1. The number of amides is 4. The molecule has 1 aliphatic heterocycles. The van der Waals surface area contributed by atoms with Gasteiger partial charge in [0.15, 0.2) is 0 Å². The number of carbonyl (C=O) groups is 3. The summed E-state index contributed by atoms with van der Waals surface area (Å²) in [6.07, 6.45) is 1.31. The zero-order valence-electron chi connectivity index (χ0n) is 17.1. The molecule has 0 bridgehead atoms. The van der Waals surface area contributed by atoms with Crippen molar-refractivity contribution >= 4 is 41.2 Å².